The molecule has 21 heavy (non-hydrogen) atoms. The van der Waals surface area contributed by atoms with E-state index in [1.165, 1.54) is 37.8 Å². The van der Waals surface area contributed by atoms with Crippen LogP contribution in [0.2, 0.25) is 0 Å². The van der Waals surface area contributed by atoms with Crippen LogP contribution in [0, 0.1) is 11.6 Å². The van der Waals surface area contributed by atoms with Crippen molar-refractivity contribution in [2.75, 3.05) is 0 Å². The third kappa shape index (κ3) is 3.10. The number of benzene rings is 1. The van der Waals surface area contributed by atoms with E-state index < -0.39 is 11.6 Å². The summed E-state index contributed by atoms with van der Waals surface area (Å²) in [6.07, 6.45) is 4.92. The van der Waals surface area contributed by atoms with Crippen molar-refractivity contribution in [2.24, 2.45) is 7.05 Å². The highest BCUT2D eigenvalue weighted by molar-refractivity contribution is 5.55. The topological polar surface area (TPSA) is 42.7 Å². The van der Waals surface area contributed by atoms with Gasteiger partial charge in [0.2, 0.25) is 0 Å². The molecule has 112 valence electrons. The molecule has 1 fully saturated rings. The lowest BCUT2D eigenvalue weighted by molar-refractivity contribution is 0.506. The molecular weight excluding hydrogens is 274 g/mol. The third-order valence-electron chi connectivity index (χ3n) is 3.99. The Hall–Kier alpha value is -1.82. The van der Waals surface area contributed by atoms with Crippen LogP contribution >= 0.6 is 0 Å². The summed E-state index contributed by atoms with van der Waals surface area (Å²) in [5.41, 5.74) is 0.398. The smallest absolute Gasteiger partial charge is 0.163 e. The quantitative estimate of drug-likeness (QED) is 0.942. The fourth-order valence-electron chi connectivity index (χ4n) is 2.82. The van der Waals surface area contributed by atoms with Crippen LogP contribution in [0.1, 0.15) is 31.5 Å². The molecule has 2 aromatic rings. The molecule has 0 aliphatic heterocycles. The zero-order valence-corrected chi connectivity index (χ0v) is 11.9. The molecule has 0 amide bonds. The summed E-state index contributed by atoms with van der Waals surface area (Å²) < 4.78 is 28.4. The summed E-state index contributed by atoms with van der Waals surface area (Å²) in [5, 5.41) is 11.6. The number of nitrogens with one attached hydrogen (secondary N) is 1. The predicted molar refractivity (Wildman–Crippen MR) is 75.5 cm³/mol. The van der Waals surface area contributed by atoms with Crippen molar-refractivity contribution >= 4 is 0 Å². The number of halogens is 2. The Labute approximate surface area is 122 Å². The molecule has 1 aromatic heterocycles. The van der Waals surface area contributed by atoms with Gasteiger partial charge in [-0.3, -0.25) is 0 Å². The summed E-state index contributed by atoms with van der Waals surface area (Å²) in [5.74, 6) is 0.00968. The standard InChI is InChI=1S/C15H18F2N4/c1-21-14(9-18-13-4-2-3-5-13)19-20-15(21)10-6-11(16)8-12(17)7-10/h6-8,13,18H,2-5,9H2,1H3. The van der Waals surface area contributed by atoms with Crippen molar-refractivity contribution < 1.29 is 8.78 Å². The summed E-state index contributed by atoms with van der Waals surface area (Å²) in [4.78, 5) is 0. The van der Waals surface area contributed by atoms with Gasteiger partial charge in [0, 0.05) is 24.7 Å². The lowest BCUT2D eigenvalue weighted by Gasteiger charge is -2.11. The third-order valence-corrected chi connectivity index (χ3v) is 3.99. The highest BCUT2D eigenvalue weighted by atomic mass is 19.1. The summed E-state index contributed by atoms with van der Waals surface area (Å²) in [6, 6.07) is 3.92. The van der Waals surface area contributed by atoms with Crippen LogP contribution in [0.3, 0.4) is 0 Å². The summed E-state index contributed by atoms with van der Waals surface area (Å²) in [6.45, 7) is 0.617. The van der Waals surface area contributed by atoms with Crippen LogP contribution in [0.4, 0.5) is 8.78 Å². The van der Waals surface area contributed by atoms with E-state index in [1.807, 2.05) is 7.05 Å². The molecule has 0 unspecified atom stereocenters. The number of hydrogen-bond donors (Lipinski definition) is 1. The monoisotopic (exact) mass is 292 g/mol. The van der Waals surface area contributed by atoms with Crippen LogP contribution in [-0.2, 0) is 13.6 Å². The zero-order valence-electron chi connectivity index (χ0n) is 11.9. The van der Waals surface area contributed by atoms with E-state index in [1.54, 1.807) is 4.57 Å². The Morgan fingerprint density at radius 3 is 2.48 bits per heavy atom. The van der Waals surface area contributed by atoms with E-state index in [0.717, 1.165) is 11.9 Å². The van der Waals surface area contributed by atoms with Crippen LogP contribution in [0.5, 0.6) is 0 Å². The molecule has 1 aromatic carbocycles. The van der Waals surface area contributed by atoms with Crippen molar-refractivity contribution in [3.8, 4) is 11.4 Å². The largest absolute Gasteiger partial charge is 0.313 e. The minimum atomic E-state index is -0.612. The Balaban J connectivity index is 1.78. The molecule has 1 aliphatic carbocycles. The first-order chi connectivity index (χ1) is 10.1. The molecule has 0 spiro atoms. The second-order valence-electron chi connectivity index (χ2n) is 5.52. The molecule has 0 bridgehead atoms. The first-order valence-electron chi connectivity index (χ1n) is 7.21. The van der Waals surface area contributed by atoms with Gasteiger partial charge in [0.15, 0.2) is 5.82 Å². The van der Waals surface area contributed by atoms with Gasteiger partial charge in [-0.1, -0.05) is 12.8 Å². The molecule has 6 heteroatoms. The van der Waals surface area contributed by atoms with Gasteiger partial charge < -0.3 is 9.88 Å². The molecule has 1 heterocycles. The maximum Gasteiger partial charge on any atom is 0.163 e. The normalized spacial score (nSPS) is 15.8. The minimum Gasteiger partial charge on any atom is -0.313 e. The Morgan fingerprint density at radius 1 is 1.14 bits per heavy atom. The number of aromatic nitrogens is 3. The van der Waals surface area contributed by atoms with Crippen molar-refractivity contribution in [1.82, 2.24) is 20.1 Å². The van der Waals surface area contributed by atoms with Gasteiger partial charge in [-0.15, -0.1) is 10.2 Å². The van der Waals surface area contributed by atoms with E-state index in [4.69, 9.17) is 0 Å². The van der Waals surface area contributed by atoms with E-state index in [2.05, 4.69) is 15.5 Å². The SMILES string of the molecule is Cn1c(CNC2CCCC2)nnc1-c1cc(F)cc(F)c1. The van der Waals surface area contributed by atoms with Gasteiger partial charge in [0.05, 0.1) is 6.54 Å². The molecule has 1 N–H and O–H groups in total. The van der Waals surface area contributed by atoms with Gasteiger partial charge in [0.1, 0.15) is 17.5 Å². The predicted octanol–water partition coefficient (Wildman–Crippen LogP) is 2.79. The second-order valence-corrected chi connectivity index (χ2v) is 5.52. The highest BCUT2D eigenvalue weighted by Gasteiger charge is 2.17. The average Bonchev–Trinajstić information content (AvgIpc) is 3.05. The summed E-state index contributed by atoms with van der Waals surface area (Å²) >= 11 is 0. The Bertz CT molecular complexity index is 612. The molecule has 1 saturated carbocycles. The Morgan fingerprint density at radius 2 is 1.81 bits per heavy atom. The van der Waals surface area contributed by atoms with E-state index in [0.29, 0.717) is 24.0 Å². The van der Waals surface area contributed by atoms with Gasteiger partial charge in [-0.05, 0) is 25.0 Å². The number of nitrogens with zero attached hydrogens (tertiary/aromatic N) is 3. The lowest BCUT2D eigenvalue weighted by Crippen LogP contribution is -2.26. The zero-order chi connectivity index (χ0) is 14.8. The van der Waals surface area contributed by atoms with E-state index >= 15 is 0 Å². The number of rotatable bonds is 4. The van der Waals surface area contributed by atoms with Gasteiger partial charge in [0.25, 0.3) is 0 Å². The first-order valence-corrected chi connectivity index (χ1v) is 7.21. The molecular formula is C15H18F2N4. The van der Waals surface area contributed by atoms with Crippen molar-refractivity contribution in [3.63, 3.8) is 0 Å². The first kappa shape index (κ1) is 14.1. The van der Waals surface area contributed by atoms with E-state index in [9.17, 15) is 8.78 Å². The van der Waals surface area contributed by atoms with Crippen LogP contribution in [0.15, 0.2) is 18.2 Å². The molecule has 3 rings (SSSR count). The van der Waals surface area contributed by atoms with Gasteiger partial charge >= 0.3 is 0 Å². The van der Waals surface area contributed by atoms with Crippen molar-refractivity contribution in [1.29, 1.82) is 0 Å². The fourth-order valence-corrected chi connectivity index (χ4v) is 2.82. The minimum absolute atomic E-state index is 0.398. The van der Waals surface area contributed by atoms with Gasteiger partial charge in [-0.2, -0.15) is 0 Å². The molecule has 4 nitrogen and oxygen atoms in total. The van der Waals surface area contributed by atoms with Crippen LogP contribution < -0.4 is 5.32 Å². The maximum absolute atomic E-state index is 13.3. The highest BCUT2D eigenvalue weighted by Crippen LogP contribution is 2.21. The Kier molecular flexibility index (Phi) is 3.96. The molecule has 0 radical (unpaired) electrons. The van der Waals surface area contributed by atoms with E-state index in [-0.39, 0.29) is 0 Å². The maximum atomic E-state index is 13.3. The molecule has 1 aliphatic rings. The molecule has 0 atom stereocenters. The van der Waals surface area contributed by atoms with Crippen molar-refractivity contribution in [3.05, 3.63) is 35.7 Å². The van der Waals surface area contributed by atoms with Crippen LogP contribution in [0.25, 0.3) is 11.4 Å². The molecule has 0 saturated heterocycles. The van der Waals surface area contributed by atoms with Gasteiger partial charge in [-0.25, -0.2) is 8.78 Å². The van der Waals surface area contributed by atoms with Crippen LogP contribution in [-0.4, -0.2) is 20.8 Å². The number of hydrogen-bond acceptors (Lipinski definition) is 3. The average molecular weight is 292 g/mol. The summed E-state index contributed by atoms with van der Waals surface area (Å²) in [7, 11) is 1.81. The second kappa shape index (κ2) is 5.89. The fraction of sp³-hybridized carbons (Fsp3) is 0.467. The van der Waals surface area contributed by atoms with Crippen molar-refractivity contribution in [2.45, 2.75) is 38.3 Å². The lowest BCUT2D eigenvalue weighted by atomic mass is 10.2.